The van der Waals surface area contributed by atoms with E-state index in [1.807, 2.05) is 28.6 Å². The predicted molar refractivity (Wildman–Crippen MR) is 54.5 cm³/mol. The van der Waals surface area contributed by atoms with Gasteiger partial charge in [-0.1, -0.05) is 0 Å². The van der Waals surface area contributed by atoms with Gasteiger partial charge in [-0.2, -0.15) is 0 Å². The van der Waals surface area contributed by atoms with Crippen LogP contribution in [0.25, 0.3) is 0 Å². The van der Waals surface area contributed by atoms with E-state index in [1.54, 1.807) is 19.3 Å². The molecule has 0 aliphatic heterocycles. The lowest BCUT2D eigenvalue weighted by atomic mass is 10.2. The molecule has 15 heavy (non-hydrogen) atoms. The molecule has 0 aromatic carbocycles. The summed E-state index contributed by atoms with van der Waals surface area (Å²) in [4.78, 5) is 11.1. The molecule has 2 rings (SSSR count). The van der Waals surface area contributed by atoms with Crippen LogP contribution in [0.3, 0.4) is 0 Å². The molecule has 0 bridgehead atoms. The summed E-state index contributed by atoms with van der Waals surface area (Å²) in [5.41, 5.74) is 0.720. The molecule has 0 N–H and O–H groups in total. The van der Waals surface area contributed by atoms with Crippen molar-refractivity contribution in [2.24, 2.45) is 7.05 Å². The SMILES string of the molecule is CC(=O)c1ccn(Cc2nncn2C)c1. The van der Waals surface area contributed by atoms with E-state index in [4.69, 9.17) is 0 Å². The van der Waals surface area contributed by atoms with Crippen molar-refractivity contribution in [1.29, 1.82) is 0 Å². The fraction of sp³-hybridized carbons (Fsp3) is 0.300. The van der Waals surface area contributed by atoms with E-state index in [-0.39, 0.29) is 5.78 Å². The van der Waals surface area contributed by atoms with Gasteiger partial charge in [-0.25, -0.2) is 0 Å². The maximum atomic E-state index is 11.1. The zero-order chi connectivity index (χ0) is 10.8. The Balaban J connectivity index is 2.18. The average Bonchev–Trinajstić information content (AvgIpc) is 2.77. The molecule has 0 fully saturated rings. The van der Waals surface area contributed by atoms with Gasteiger partial charge in [0.05, 0.1) is 6.54 Å². The summed E-state index contributed by atoms with van der Waals surface area (Å²) >= 11 is 0. The van der Waals surface area contributed by atoms with Gasteiger partial charge < -0.3 is 9.13 Å². The van der Waals surface area contributed by atoms with Gasteiger partial charge >= 0.3 is 0 Å². The van der Waals surface area contributed by atoms with Crippen LogP contribution < -0.4 is 0 Å². The lowest BCUT2D eigenvalue weighted by Gasteiger charge is -2.01. The molecule has 0 aliphatic rings. The molecule has 0 saturated carbocycles. The number of carbonyl (C=O) groups excluding carboxylic acids is 1. The van der Waals surface area contributed by atoms with Crippen LogP contribution in [0.5, 0.6) is 0 Å². The van der Waals surface area contributed by atoms with E-state index in [0.717, 1.165) is 11.4 Å². The number of nitrogens with zero attached hydrogens (tertiary/aromatic N) is 4. The van der Waals surface area contributed by atoms with Crippen LogP contribution in [0.1, 0.15) is 23.1 Å². The molecule has 5 heteroatoms. The molecule has 2 heterocycles. The Morgan fingerprint density at radius 1 is 1.53 bits per heavy atom. The van der Waals surface area contributed by atoms with Gasteiger partial charge in [0.25, 0.3) is 0 Å². The topological polar surface area (TPSA) is 52.7 Å². The highest BCUT2D eigenvalue weighted by Crippen LogP contribution is 2.04. The zero-order valence-corrected chi connectivity index (χ0v) is 8.71. The molecule has 78 valence electrons. The highest BCUT2D eigenvalue weighted by atomic mass is 16.1. The first-order chi connectivity index (χ1) is 7.16. The minimum absolute atomic E-state index is 0.0757. The van der Waals surface area contributed by atoms with Crippen molar-refractivity contribution in [3.63, 3.8) is 0 Å². The summed E-state index contributed by atoms with van der Waals surface area (Å²) < 4.78 is 3.77. The summed E-state index contributed by atoms with van der Waals surface area (Å²) in [6.07, 6.45) is 5.34. The smallest absolute Gasteiger partial charge is 0.161 e. The molecule has 0 spiro atoms. The second-order valence-electron chi connectivity index (χ2n) is 3.49. The molecule has 0 atom stereocenters. The van der Waals surface area contributed by atoms with Crippen LogP contribution in [-0.4, -0.2) is 25.1 Å². The minimum Gasteiger partial charge on any atom is -0.346 e. The first kappa shape index (κ1) is 9.64. The fourth-order valence-electron chi connectivity index (χ4n) is 1.36. The predicted octanol–water partition coefficient (Wildman–Crippen LogP) is 0.867. The van der Waals surface area contributed by atoms with E-state index in [0.29, 0.717) is 6.54 Å². The van der Waals surface area contributed by atoms with Gasteiger partial charge in [0.1, 0.15) is 6.33 Å². The fourth-order valence-corrected chi connectivity index (χ4v) is 1.36. The van der Waals surface area contributed by atoms with Gasteiger partial charge in [-0.05, 0) is 13.0 Å². The molecule has 0 aliphatic carbocycles. The summed E-state index contributed by atoms with van der Waals surface area (Å²) in [6, 6.07) is 1.80. The molecule has 2 aromatic rings. The third kappa shape index (κ3) is 1.96. The molecular weight excluding hydrogens is 192 g/mol. The third-order valence-corrected chi connectivity index (χ3v) is 2.29. The van der Waals surface area contributed by atoms with E-state index >= 15 is 0 Å². The molecular formula is C10H12N4O. The maximum Gasteiger partial charge on any atom is 0.161 e. The van der Waals surface area contributed by atoms with Crippen molar-refractivity contribution >= 4 is 5.78 Å². The van der Waals surface area contributed by atoms with E-state index in [2.05, 4.69) is 10.2 Å². The highest BCUT2D eigenvalue weighted by Gasteiger charge is 2.04. The van der Waals surface area contributed by atoms with Crippen molar-refractivity contribution in [1.82, 2.24) is 19.3 Å². The van der Waals surface area contributed by atoms with Crippen molar-refractivity contribution < 1.29 is 4.79 Å². The van der Waals surface area contributed by atoms with Crippen LogP contribution >= 0.6 is 0 Å². The summed E-state index contributed by atoms with van der Waals surface area (Å²) in [5.74, 6) is 0.937. The average molecular weight is 204 g/mol. The highest BCUT2D eigenvalue weighted by molar-refractivity contribution is 5.93. The third-order valence-electron chi connectivity index (χ3n) is 2.29. The number of hydrogen-bond donors (Lipinski definition) is 0. The van der Waals surface area contributed by atoms with Crippen molar-refractivity contribution in [2.75, 3.05) is 0 Å². The number of aromatic nitrogens is 4. The zero-order valence-electron chi connectivity index (χ0n) is 8.71. The molecule has 0 radical (unpaired) electrons. The van der Waals surface area contributed by atoms with Crippen LogP contribution in [0, 0.1) is 0 Å². The van der Waals surface area contributed by atoms with Crippen LogP contribution in [-0.2, 0) is 13.6 Å². The summed E-state index contributed by atoms with van der Waals surface area (Å²) in [5, 5.41) is 7.76. The second-order valence-corrected chi connectivity index (χ2v) is 3.49. The van der Waals surface area contributed by atoms with Crippen molar-refractivity contribution in [2.45, 2.75) is 13.5 Å². The number of carbonyl (C=O) groups is 1. The van der Waals surface area contributed by atoms with Crippen LogP contribution in [0.4, 0.5) is 0 Å². The normalized spacial score (nSPS) is 10.5. The Bertz CT molecular complexity index is 483. The monoisotopic (exact) mass is 204 g/mol. The Kier molecular flexibility index (Phi) is 2.37. The van der Waals surface area contributed by atoms with Gasteiger partial charge in [-0.3, -0.25) is 4.79 Å². The lowest BCUT2D eigenvalue weighted by molar-refractivity contribution is 0.101. The largest absolute Gasteiger partial charge is 0.346 e. The number of aryl methyl sites for hydroxylation is 1. The van der Waals surface area contributed by atoms with E-state index in [9.17, 15) is 4.79 Å². The quantitative estimate of drug-likeness (QED) is 0.697. The summed E-state index contributed by atoms with van der Waals surface area (Å²) in [7, 11) is 1.89. The molecule has 2 aromatic heterocycles. The van der Waals surface area contributed by atoms with Crippen molar-refractivity contribution in [3.05, 3.63) is 36.2 Å². The number of hydrogen-bond acceptors (Lipinski definition) is 3. The van der Waals surface area contributed by atoms with Crippen LogP contribution in [0.15, 0.2) is 24.8 Å². The lowest BCUT2D eigenvalue weighted by Crippen LogP contribution is -2.03. The second kappa shape index (κ2) is 3.68. The standard InChI is InChI=1S/C10H12N4O/c1-8(15)9-3-4-14(5-9)6-10-12-11-7-13(10)2/h3-5,7H,6H2,1-2H3. The number of rotatable bonds is 3. The summed E-state index contributed by atoms with van der Waals surface area (Å²) in [6.45, 7) is 2.19. The van der Waals surface area contributed by atoms with E-state index in [1.165, 1.54) is 0 Å². The Morgan fingerprint density at radius 2 is 2.33 bits per heavy atom. The van der Waals surface area contributed by atoms with Gasteiger partial charge in [0.2, 0.25) is 0 Å². The molecule has 0 saturated heterocycles. The van der Waals surface area contributed by atoms with Gasteiger partial charge in [0.15, 0.2) is 11.6 Å². The maximum absolute atomic E-state index is 11.1. The molecule has 5 nitrogen and oxygen atoms in total. The van der Waals surface area contributed by atoms with Gasteiger partial charge in [0, 0.05) is 25.0 Å². The Morgan fingerprint density at radius 3 is 2.87 bits per heavy atom. The first-order valence-corrected chi connectivity index (χ1v) is 4.66. The van der Waals surface area contributed by atoms with E-state index < -0.39 is 0 Å². The number of ketones is 1. The molecule has 0 amide bonds. The Hall–Kier alpha value is -1.91. The minimum atomic E-state index is 0.0757. The first-order valence-electron chi connectivity index (χ1n) is 4.66. The molecule has 0 unspecified atom stereocenters. The van der Waals surface area contributed by atoms with Gasteiger partial charge in [-0.15, -0.1) is 10.2 Å². The number of Topliss-reactive ketones (excluding diaryl/α,β-unsaturated/α-hetero) is 1. The van der Waals surface area contributed by atoms with Crippen molar-refractivity contribution in [3.8, 4) is 0 Å². The Labute approximate surface area is 87.4 Å². The van der Waals surface area contributed by atoms with Crippen LogP contribution in [0.2, 0.25) is 0 Å².